The van der Waals surface area contributed by atoms with Crippen LogP contribution in [0.15, 0.2) is 48.5 Å². The maximum absolute atomic E-state index is 13.0. The van der Waals surface area contributed by atoms with Crippen molar-refractivity contribution in [3.8, 4) is 0 Å². The van der Waals surface area contributed by atoms with Crippen molar-refractivity contribution in [1.82, 2.24) is 4.90 Å². The second-order valence-electron chi connectivity index (χ2n) is 6.96. The van der Waals surface area contributed by atoms with E-state index >= 15 is 0 Å². The second-order valence-corrected chi connectivity index (χ2v) is 6.96. The van der Waals surface area contributed by atoms with Gasteiger partial charge in [0.15, 0.2) is 0 Å². The number of aromatic carboxylic acids is 1. The first-order chi connectivity index (χ1) is 12.1. The SMILES string of the molecule is O=C(O)c1ccc(CC(=O)N(C2CC2)[C@H]2CCc3ccccc32)cc1. The number of carbonyl (C=O) groups is 2. The van der Waals surface area contributed by atoms with Crippen molar-refractivity contribution >= 4 is 11.9 Å². The van der Waals surface area contributed by atoms with Crippen molar-refractivity contribution < 1.29 is 14.7 Å². The lowest BCUT2D eigenvalue weighted by Crippen LogP contribution is -2.37. The molecule has 0 radical (unpaired) electrons. The van der Waals surface area contributed by atoms with E-state index in [0.29, 0.717) is 12.5 Å². The highest BCUT2D eigenvalue weighted by atomic mass is 16.4. The van der Waals surface area contributed by atoms with E-state index in [4.69, 9.17) is 5.11 Å². The largest absolute Gasteiger partial charge is 0.478 e. The van der Waals surface area contributed by atoms with Gasteiger partial charge in [0.25, 0.3) is 0 Å². The summed E-state index contributed by atoms with van der Waals surface area (Å²) in [5.41, 5.74) is 3.77. The minimum atomic E-state index is -0.944. The smallest absolute Gasteiger partial charge is 0.335 e. The minimum Gasteiger partial charge on any atom is -0.478 e. The fourth-order valence-electron chi connectivity index (χ4n) is 3.84. The van der Waals surface area contributed by atoms with Gasteiger partial charge >= 0.3 is 5.97 Å². The summed E-state index contributed by atoms with van der Waals surface area (Å²) < 4.78 is 0. The average Bonchev–Trinajstić information content (AvgIpc) is 3.35. The molecule has 0 spiro atoms. The maximum Gasteiger partial charge on any atom is 0.335 e. The summed E-state index contributed by atoms with van der Waals surface area (Å²) in [4.78, 5) is 26.1. The first-order valence-corrected chi connectivity index (χ1v) is 8.84. The van der Waals surface area contributed by atoms with Crippen LogP contribution < -0.4 is 0 Å². The van der Waals surface area contributed by atoms with E-state index in [1.54, 1.807) is 24.3 Å². The number of carboxylic acid groups (broad SMARTS) is 1. The molecule has 4 rings (SSSR count). The van der Waals surface area contributed by atoms with Gasteiger partial charge in [-0.2, -0.15) is 0 Å². The Labute approximate surface area is 147 Å². The summed E-state index contributed by atoms with van der Waals surface area (Å²) in [5.74, 6) is -0.799. The highest BCUT2D eigenvalue weighted by Crippen LogP contribution is 2.42. The van der Waals surface area contributed by atoms with Gasteiger partial charge in [-0.05, 0) is 54.5 Å². The third-order valence-electron chi connectivity index (χ3n) is 5.22. The van der Waals surface area contributed by atoms with Gasteiger partial charge in [-0.15, -0.1) is 0 Å². The van der Waals surface area contributed by atoms with Crippen LogP contribution in [0.25, 0.3) is 0 Å². The van der Waals surface area contributed by atoms with E-state index in [1.807, 2.05) is 0 Å². The lowest BCUT2D eigenvalue weighted by atomic mass is 10.0. The van der Waals surface area contributed by atoms with E-state index in [1.165, 1.54) is 11.1 Å². The van der Waals surface area contributed by atoms with Crippen LogP contribution in [0.4, 0.5) is 0 Å². The zero-order valence-electron chi connectivity index (χ0n) is 14.0. The zero-order valence-corrected chi connectivity index (χ0v) is 14.0. The minimum absolute atomic E-state index is 0.146. The molecule has 25 heavy (non-hydrogen) atoms. The standard InChI is InChI=1S/C21H21NO3/c23-20(13-14-5-7-16(8-6-14)21(24)25)22(17-10-11-17)19-12-9-15-3-1-2-4-18(15)19/h1-8,17,19H,9-13H2,(H,24,25)/t19-/m0/s1. The third kappa shape index (κ3) is 3.16. The highest BCUT2D eigenvalue weighted by molar-refractivity contribution is 5.88. The monoisotopic (exact) mass is 335 g/mol. The number of nitrogens with zero attached hydrogens (tertiary/aromatic N) is 1. The Morgan fingerprint density at radius 2 is 1.72 bits per heavy atom. The number of benzene rings is 2. The normalized spacial score (nSPS) is 18.6. The van der Waals surface area contributed by atoms with Crippen LogP contribution in [0, 0.1) is 0 Å². The predicted octanol–water partition coefficient (Wildman–Crippen LogP) is 3.61. The highest BCUT2D eigenvalue weighted by Gasteiger charge is 2.40. The first kappa shape index (κ1) is 15.9. The molecule has 1 saturated carbocycles. The Morgan fingerprint density at radius 3 is 2.40 bits per heavy atom. The topological polar surface area (TPSA) is 57.6 Å². The number of hydrogen-bond acceptors (Lipinski definition) is 2. The molecular formula is C21H21NO3. The summed E-state index contributed by atoms with van der Waals surface area (Å²) in [6.45, 7) is 0. The molecule has 0 heterocycles. The van der Waals surface area contributed by atoms with E-state index in [2.05, 4.69) is 29.2 Å². The van der Waals surface area contributed by atoms with Gasteiger partial charge in [-0.3, -0.25) is 4.79 Å². The molecular weight excluding hydrogens is 314 g/mol. The molecule has 4 heteroatoms. The van der Waals surface area contributed by atoms with Crippen molar-refractivity contribution in [1.29, 1.82) is 0 Å². The average molecular weight is 335 g/mol. The first-order valence-electron chi connectivity index (χ1n) is 8.84. The molecule has 4 nitrogen and oxygen atoms in total. The Balaban J connectivity index is 1.53. The molecule has 2 aliphatic carbocycles. The molecule has 2 aromatic carbocycles. The summed E-state index contributed by atoms with van der Waals surface area (Å²) in [5, 5.41) is 8.99. The fourth-order valence-corrected chi connectivity index (χ4v) is 3.84. The Kier molecular flexibility index (Phi) is 4.04. The molecule has 1 fully saturated rings. The van der Waals surface area contributed by atoms with Crippen molar-refractivity contribution in [3.05, 3.63) is 70.8 Å². The number of fused-ring (bicyclic) bond motifs is 1. The number of carbonyl (C=O) groups excluding carboxylic acids is 1. The van der Waals surface area contributed by atoms with E-state index in [0.717, 1.165) is 31.2 Å². The lowest BCUT2D eigenvalue weighted by molar-refractivity contribution is -0.133. The van der Waals surface area contributed by atoms with Crippen molar-refractivity contribution in [2.75, 3.05) is 0 Å². The zero-order chi connectivity index (χ0) is 17.4. The van der Waals surface area contributed by atoms with Gasteiger partial charge < -0.3 is 10.0 Å². The molecule has 0 bridgehead atoms. The molecule has 1 amide bonds. The van der Waals surface area contributed by atoms with Gasteiger partial charge in [0.2, 0.25) is 5.91 Å². The van der Waals surface area contributed by atoms with Gasteiger partial charge in [-0.1, -0.05) is 36.4 Å². The molecule has 2 aromatic rings. The molecule has 1 atom stereocenters. The van der Waals surface area contributed by atoms with Crippen LogP contribution in [0.3, 0.4) is 0 Å². The Morgan fingerprint density at radius 1 is 1.00 bits per heavy atom. The van der Waals surface area contributed by atoms with Gasteiger partial charge in [-0.25, -0.2) is 4.79 Å². The van der Waals surface area contributed by atoms with Gasteiger partial charge in [0.05, 0.1) is 18.0 Å². The van der Waals surface area contributed by atoms with Crippen LogP contribution in [-0.4, -0.2) is 27.9 Å². The summed E-state index contributed by atoms with van der Waals surface area (Å²) in [6, 6.07) is 15.6. The quantitative estimate of drug-likeness (QED) is 0.908. The Hall–Kier alpha value is -2.62. The molecule has 0 aromatic heterocycles. The number of rotatable bonds is 5. The fraction of sp³-hybridized carbons (Fsp3) is 0.333. The third-order valence-corrected chi connectivity index (χ3v) is 5.22. The van der Waals surface area contributed by atoms with Crippen molar-refractivity contribution in [2.45, 2.75) is 44.2 Å². The van der Waals surface area contributed by atoms with E-state index in [-0.39, 0.29) is 17.5 Å². The van der Waals surface area contributed by atoms with Crippen LogP contribution in [0.2, 0.25) is 0 Å². The molecule has 0 aliphatic heterocycles. The van der Waals surface area contributed by atoms with Crippen molar-refractivity contribution in [3.63, 3.8) is 0 Å². The van der Waals surface area contributed by atoms with Gasteiger partial charge in [0.1, 0.15) is 0 Å². The molecule has 2 aliphatic rings. The number of hydrogen-bond donors (Lipinski definition) is 1. The predicted molar refractivity (Wildman–Crippen MR) is 94.5 cm³/mol. The summed E-state index contributed by atoms with van der Waals surface area (Å²) in [6.07, 6.45) is 4.53. The molecule has 0 saturated heterocycles. The number of carboxylic acids is 1. The number of aryl methyl sites for hydroxylation is 1. The Bertz CT molecular complexity index is 808. The lowest BCUT2D eigenvalue weighted by Gasteiger charge is -2.30. The second kappa shape index (κ2) is 6.36. The van der Waals surface area contributed by atoms with Crippen LogP contribution in [0.5, 0.6) is 0 Å². The van der Waals surface area contributed by atoms with Gasteiger partial charge in [0, 0.05) is 6.04 Å². The molecule has 0 unspecified atom stereocenters. The number of amides is 1. The van der Waals surface area contributed by atoms with Crippen molar-refractivity contribution in [2.24, 2.45) is 0 Å². The van der Waals surface area contributed by atoms with Crippen LogP contribution >= 0.6 is 0 Å². The van der Waals surface area contributed by atoms with Crippen LogP contribution in [0.1, 0.15) is 52.4 Å². The summed E-state index contributed by atoms with van der Waals surface area (Å²) >= 11 is 0. The maximum atomic E-state index is 13.0. The molecule has 1 N–H and O–H groups in total. The summed E-state index contributed by atoms with van der Waals surface area (Å²) in [7, 11) is 0. The van der Waals surface area contributed by atoms with Crippen LogP contribution in [-0.2, 0) is 17.6 Å². The van der Waals surface area contributed by atoms with E-state index in [9.17, 15) is 9.59 Å². The molecule has 128 valence electrons. The van der Waals surface area contributed by atoms with E-state index < -0.39 is 5.97 Å².